The van der Waals surface area contributed by atoms with Gasteiger partial charge in [0.15, 0.2) is 0 Å². The second-order valence-corrected chi connectivity index (χ2v) is 6.86. The number of nitrogens with one attached hydrogen (secondary N) is 1. The first-order valence-corrected chi connectivity index (χ1v) is 8.51. The molecule has 0 radical (unpaired) electrons. The largest absolute Gasteiger partial charge is 0.382 e. The average Bonchev–Trinajstić information content (AvgIpc) is 2.42. The van der Waals surface area contributed by atoms with E-state index >= 15 is 0 Å². The topological polar surface area (TPSA) is 15.3 Å². The summed E-state index contributed by atoms with van der Waals surface area (Å²) in [4.78, 5) is 2.61. The Morgan fingerprint density at radius 1 is 1.26 bits per heavy atom. The Hall–Kier alpha value is -0.290. The van der Waals surface area contributed by atoms with Crippen molar-refractivity contribution in [2.75, 3.05) is 25.0 Å². The molecule has 0 bridgehead atoms. The summed E-state index contributed by atoms with van der Waals surface area (Å²) in [5.74, 6) is 0.812. The first kappa shape index (κ1) is 15.1. The molecule has 1 aliphatic rings. The van der Waals surface area contributed by atoms with Gasteiger partial charge in [0, 0.05) is 15.3 Å². The van der Waals surface area contributed by atoms with Gasteiger partial charge in [-0.2, -0.15) is 0 Å². The van der Waals surface area contributed by atoms with Crippen LogP contribution in [0.5, 0.6) is 0 Å². The summed E-state index contributed by atoms with van der Waals surface area (Å²) in [6, 6.07) is 9.28. The zero-order valence-electron chi connectivity index (χ0n) is 12.0. The van der Waals surface area contributed by atoms with E-state index in [2.05, 4.69) is 70.9 Å². The van der Waals surface area contributed by atoms with Gasteiger partial charge in [0.1, 0.15) is 0 Å². The number of piperidine rings is 1. The van der Waals surface area contributed by atoms with Crippen LogP contribution in [0, 0.1) is 9.49 Å². The van der Waals surface area contributed by atoms with Crippen LogP contribution in [0.2, 0.25) is 0 Å². The smallest absolute Gasteiger partial charge is 0.0343 e. The molecule has 19 heavy (non-hydrogen) atoms. The predicted octanol–water partition coefficient (Wildman–Crippen LogP) is 4.21. The first-order chi connectivity index (χ1) is 9.19. The second kappa shape index (κ2) is 7.48. The lowest BCUT2D eigenvalue weighted by Crippen LogP contribution is -2.39. The fraction of sp³-hybridized carbons (Fsp3) is 0.625. The molecule has 0 saturated carbocycles. The van der Waals surface area contributed by atoms with Crippen LogP contribution in [-0.2, 0) is 0 Å². The summed E-state index contributed by atoms with van der Waals surface area (Å²) >= 11 is 2.35. The molecule has 2 nitrogen and oxygen atoms in total. The molecule has 1 fully saturated rings. The lowest BCUT2D eigenvalue weighted by molar-refractivity contribution is 0.176. The van der Waals surface area contributed by atoms with Gasteiger partial charge < -0.3 is 10.2 Å². The molecule has 1 unspecified atom stereocenters. The molecule has 0 aromatic heterocycles. The van der Waals surface area contributed by atoms with Crippen LogP contribution in [0.1, 0.15) is 33.1 Å². The third-order valence-corrected chi connectivity index (χ3v) is 4.84. The van der Waals surface area contributed by atoms with E-state index in [0.29, 0.717) is 6.04 Å². The van der Waals surface area contributed by atoms with Crippen molar-refractivity contribution >= 4 is 28.3 Å². The molecule has 1 heterocycles. The van der Waals surface area contributed by atoms with E-state index in [1.807, 2.05) is 0 Å². The summed E-state index contributed by atoms with van der Waals surface area (Å²) in [7, 11) is 0. The third kappa shape index (κ3) is 4.63. The average molecular weight is 372 g/mol. The van der Waals surface area contributed by atoms with Gasteiger partial charge in [-0.05, 0) is 98.6 Å². The minimum absolute atomic E-state index is 0.573. The standard InChI is InChI=1S/C16H25IN2/c1-3-10-19-11-8-14(9-12-19)13(2)18-16-6-4-15(17)5-7-16/h4-7,13-14,18H,3,8-12H2,1-2H3. The predicted molar refractivity (Wildman–Crippen MR) is 91.7 cm³/mol. The van der Waals surface area contributed by atoms with E-state index in [0.717, 1.165) is 5.92 Å². The van der Waals surface area contributed by atoms with Crippen molar-refractivity contribution in [1.82, 2.24) is 4.90 Å². The van der Waals surface area contributed by atoms with Gasteiger partial charge in [0.25, 0.3) is 0 Å². The molecule has 3 heteroatoms. The minimum atomic E-state index is 0.573. The van der Waals surface area contributed by atoms with Crippen LogP contribution >= 0.6 is 22.6 Å². The molecule has 1 aromatic rings. The Kier molecular flexibility index (Phi) is 5.95. The zero-order valence-corrected chi connectivity index (χ0v) is 14.2. The zero-order chi connectivity index (χ0) is 13.7. The maximum atomic E-state index is 3.66. The molecule has 1 atom stereocenters. The van der Waals surface area contributed by atoms with Gasteiger partial charge >= 0.3 is 0 Å². The minimum Gasteiger partial charge on any atom is -0.382 e. The Balaban J connectivity index is 1.81. The van der Waals surface area contributed by atoms with Crippen LogP contribution < -0.4 is 5.32 Å². The van der Waals surface area contributed by atoms with Crippen LogP contribution in [0.3, 0.4) is 0 Å². The molecule has 1 aromatic carbocycles. The van der Waals surface area contributed by atoms with E-state index < -0.39 is 0 Å². The Morgan fingerprint density at radius 3 is 2.47 bits per heavy atom. The summed E-state index contributed by atoms with van der Waals surface area (Å²) < 4.78 is 1.30. The summed E-state index contributed by atoms with van der Waals surface area (Å²) in [5.41, 5.74) is 1.25. The molecule has 0 amide bonds. The van der Waals surface area contributed by atoms with E-state index in [1.165, 1.54) is 48.2 Å². The van der Waals surface area contributed by atoms with Crippen molar-refractivity contribution in [1.29, 1.82) is 0 Å². The maximum absolute atomic E-state index is 3.66. The van der Waals surface area contributed by atoms with Gasteiger partial charge in [-0.3, -0.25) is 0 Å². The molecular formula is C16H25IN2. The van der Waals surface area contributed by atoms with Crippen LogP contribution in [0.4, 0.5) is 5.69 Å². The first-order valence-electron chi connectivity index (χ1n) is 7.43. The molecule has 0 spiro atoms. The molecule has 2 rings (SSSR count). The highest BCUT2D eigenvalue weighted by Crippen LogP contribution is 2.23. The van der Waals surface area contributed by atoms with E-state index in [9.17, 15) is 0 Å². The van der Waals surface area contributed by atoms with Crippen molar-refractivity contribution in [2.45, 2.75) is 39.2 Å². The van der Waals surface area contributed by atoms with Crippen LogP contribution in [-0.4, -0.2) is 30.6 Å². The molecule has 1 aliphatic heterocycles. The SMILES string of the molecule is CCCN1CCC(C(C)Nc2ccc(I)cc2)CC1. The van der Waals surface area contributed by atoms with E-state index in [-0.39, 0.29) is 0 Å². The number of benzene rings is 1. The Morgan fingerprint density at radius 2 is 1.89 bits per heavy atom. The number of hydrogen-bond donors (Lipinski definition) is 1. The third-order valence-electron chi connectivity index (χ3n) is 4.12. The lowest BCUT2D eigenvalue weighted by atomic mass is 9.90. The number of anilines is 1. The Labute approximate surface area is 131 Å². The van der Waals surface area contributed by atoms with Gasteiger partial charge in [0.2, 0.25) is 0 Å². The van der Waals surface area contributed by atoms with Crippen LogP contribution in [0.15, 0.2) is 24.3 Å². The molecule has 1 N–H and O–H groups in total. The summed E-state index contributed by atoms with van der Waals surface area (Å²) in [6.45, 7) is 8.42. The Bertz CT molecular complexity index is 369. The van der Waals surface area contributed by atoms with Crippen molar-refractivity contribution < 1.29 is 0 Å². The van der Waals surface area contributed by atoms with Crippen molar-refractivity contribution in [2.24, 2.45) is 5.92 Å². The highest BCUT2D eigenvalue weighted by Gasteiger charge is 2.23. The number of nitrogens with zero attached hydrogens (tertiary/aromatic N) is 1. The number of halogens is 1. The highest BCUT2D eigenvalue weighted by molar-refractivity contribution is 14.1. The van der Waals surface area contributed by atoms with Crippen molar-refractivity contribution in [3.63, 3.8) is 0 Å². The number of hydrogen-bond acceptors (Lipinski definition) is 2. The number of likely N-dealkylation sites (tertiary alicyclic amines) is 1. The van der Waals surface area contributed by atoms with Gasteiger partial charge in [-0.1, -0.05) is 6.92 Å². The second-order valence-electron chi connectivity index (χ2n) is 5.62. The molecule has 106 valence electrons. The van der Waals surface area contributed by atoms with Crippen molar-refractivity contribution in [3.8, 4) is 0 Å². The highest BCUT2D eigenvalue weighted by atomic mass is 127. The van der Waals surface area contributed by atoms with Crippen LogP contribution in [0.25, 0.3) is 0 Å². The van der Waals surface area contributed by atoms with Gasteiger partial charge in [0.05, 0.1) is 0 Å². The van der Waals surface area contributed by atoms with Gasteiger partial charge in [-0.15, -0.1) is 0 Å². The van der Waals surface area contributed by atoms with E-state index in [4.69, 9.17) is 0 Å². The maximum Gasteiger partial charge on any atom is 0.0343 e. The molecule has 1 saturated heterocycles. The fourth-order valence-electron chi connectivity index (χ4n) is 2.92. The quantitative estimate of drug-likeness (QED) is 0.779. The molecular weight excluding hydrogens is 347 g/mol. The summed E-state index contributed by atoms with van der Waals surface area (Å²) in [6.07, 6.45) is 3.94. The van der Waals surface area contributed by atoms with Crippen molar-refractivity contribution in [3.05, 3.63) is 27.8 Å². The summed E-state index contributed by atoms with van der Waals surface area (Å²) in [5, 5.41) is 3.66. The van der Waals surface area contributed by atoms with Gasteiger partial charge in [-0.25, -0.2) is 0 Å². The fourth-order valence-corrected chi connectivity index (χ4v) is 3.28. The normalized spacial score (nSPS) is 19.3. The molecule has 0 aliphatic carbocycles. The lowest BCUT2D eigenvalue weighted by Gasteiger charge is -2.35. The number of rotatable bonds is 5. The van der Waals surface area contributed by atoms with E-state index in [1.54, 1.807) is 0 Å². The monoisotopic (exact) mass is 372 g/mol.